The number of para-hydroxylation sites is 1. The van der Waals surface area contributed by atoms with E-state index >= 15 is 0 Å². The highest BCUT2D eigenvalue weighted by Gasteiger charge is 2.12. The number of methoxy groups -OCH3 is 2. The Kier molecular flexibility index (Phi) is 6.50. The molecule has 166 valence electrons. The Hall–Kier alpha value is -4.39. The first-order valence-corrected chi connectivity index (χ1v) is 10.3. The second-order valence-corrected chi connectivity index (χ2v) is 7.22. The summed E-state index contributed by atoms with van der Waals surface area (Å²) >= 11 is 0. The summed E-state index contributed by atoms with van der Waals surface area (Å²) in [7, 11) is 3.20. The number of nitrogens with zero attached hydrogens (tertiary/aromatic N) is 3. The van der Waals surface area contributed by atoms with Gasteiger partial charge in [-0.25, -0.2) is 15.4 Å². The molecule has 0 fully saturated rings. The lowest BCUT2D eigenvalue weighted by molar-refractivity contribution is 0.355. The molecule has 4 rings (SSSR count). The zero-order valence-electron chi connectivity index (χ0n) is 18.6. The Morgan fingerprint density at radius 3 is 2.15 bits per heavy atom. The van der Waals surface area contributed by atoms with Crippen LogP contribution in [0.15, 0.2) is 84.0 Å². The van der Waals surface area contributed by atoms with Gasteiger partial charge in [-0.05, 0) is 43.3 Å². The number of phenols is 1. The van der Waals surface area contributed by atoms with Gasteiger partial charge in [0.05, 0.1) is 31.3 Å². The largest absolute Gasteiger partial charge is 0.507 e. The van der Waals surface area contributed by atoms with Crippen molar-refractivity contribution in [2.45, 2.75) is 6.92 Å². The van der Waals surface area contributed by atoms with Crippen molar-refractivity contribution in [3.63, 3.8) is 0 Å². The SMILES string of the molecule is COc1ccc(-c2cc(-c3ccccc3)nc(N/N=C(/C)c3ccccc3O)n2)cc1OC. The van der Waals surface area contributed by atoms with Crippen molar-refractivity contribution in [1.82, 2.24) is 9.97 Å². The van der Waals surface area contributed by atoms with Gasteiger partial charge in [-0.3, -0.25) is 0 Å². The third kappa shape index (κ3) is 4.93. The lowest BCUT2D eigenvalue weighted by atomic mass is 10.1. The predicted octanol–water partition coefficient (Wildman–Crippen LogP) is 5.37. The number of hydrazone groups is 1. The molecule has 1 heterocycles. The van der Waals surface area contributed by atoms with Gasteiger partial charge in [0, 0.05) is 16.7 Å². The van der Waals surface area contributed by atoms with Crippen LogP contribution in [0.2, 0.25) is 0 Å². The van der Waals surface area contributed by atoms with E-state index in [1.165, 1.54) is 0 Å². The number of benzene rings is 3. The van der Waals surface area contributed by atoms with Crippen molar-refractivity contribution in [3.8, 4) is 39.8 Å². The summed E-state index contributed by atoms with van der Waals surface area (Å²) < 4.78 is 10.8. The summed E-state index contributed by atoms with van der Waals surface area (Å²) in [6.45, 7) is 1.80. The number of aromatic nitrogens is 2. The number of ether oxygens (including phenoxy) is 2. The minimum absolute atomic E-state index is 0.158. The molecule has 0 radical (unpaired) electrons. The number of hydrogen-bond acceptors (Lipinski definition) is 7. The van der Waals surface area contributed by atoms with Crippen molar-refractivity contribution in [3.05, 3.63) is 84.4 Å². The summed E-state index contributed by atoms with van der Waals surface area (Å²) in [5.41, 5.74) is 7.41. The summed E-state index contributed by atoms with van der Waals surface area (Å²) in [6.07, 6.45) is 0. The predicted molar refractivity (Wildman–Crippen MR) is 130 cm³/mol. The van der Waals surface area contributed by atoms with Gasteiger partial charge in [-0.2, -0.15) is 5.10 Å². The Bertz CT molecular complexity index is 1290. The zero-order valence-corrected chi connectivity index (χ0v) is 18.6. The maximum Gasteiger partial charge on any atom is 0.244 e. The fourth-order valence-electron chi connectivity index (χ4n) is 3.37. The summed E-state index contributed by atoms with van der Waals surface area (Å²) in [4.78, 5) is 9.31. The molecule has 0 aliphatic carbocycles. The van der Waals surface area contributed by atoms with E-state index in [1.54, 1.807) is 39.3 Å². The highest BCUT2D eigenvalue weighted by Crippen LogP contribution is 2.33. The van der Waals surface area contributed by atoms with Crippen LogP contribution in [0.5, 0.6) is 17.2 Å². The Morgan fingerprint density at radius 1 is 0.788 bits per heavy atom. The van der Waals surface area contributed by atoms with Crippen molar-refractivity contribution in [2.75, 3.05) is 19.6 Å². The lowest BCUT2D eigenvalue weighted by Gasteiger charge is -2.12. The fraction of sp³-hybridized carbons (Fsp3) is 0.115. The molecule has 0 aliphatic heterocycles. The van der Waals surface area contributed by atoms with Crippen LogP contribution in [-0.4, -0.2) is 35.0 Å². The van der Waals surface area contributed by atoms with Gasteiger partial charge in [-0.15, -0.1) is 0 Å². The smallest absolute Gasteiger partial charge is 0.244 e. The van der Waals surface area contributed by atoms with Gasteiger partial charge < -0.3 is 14.6 Å². The van der Waals surface area contributed by atoms with Crippen LogP contribution in [0, 0.1) is 0 Å². The van der Waals surface area contributed by atoms with Crippen LogP contribution in [0.4, 0.5) is 5.95 Å². The van der Waals surface area contributed by atoms with E-state index in [2.05, 4.69) is 20.5 Å². The topological polar surface area (TPSA) is 88.9 Å². The maximum atomic E-state index is 10.1. The average molecular weight is 441 g/mol. The number of anilines is 1. The molecule has 7 nitrogen and oxygen atoms in total. The van der Waals surface area contributed by atoms with Gasteiger partial charge in [-0.1, -0.05) is 42.5 Å². The Balaban J connectivity index is 1.76. The Morgan fingerprint density at radius 2 is 1.45 bits per heavy atom. The Labute approximate surface area is 192 Å². The fourth-order valence-corrected chi connectivity index (χ4v) is 3.37. The normalized spacial score (nSPS) is 11.2. The quantitative estimate of drug-likeness (QED) is 0.297. The molecule has 3 aromatic carbocycles. The van der Waals surface area contributed by atoms with E-state index in [0.717, 1.165) is 16.8 Å². The van der Waals surface area contributed by atoms with E-state index < -0.39 is 0 Å². The second-order valence-electron chi connectivity index (χ2n) is 7.22. The molecule has 0 atom stereocenters. The first kappa shape index (κ1) is 21.8. The standard InChI is InChI=1S/C26H24N4O3/c1-17(20-11-7-8-12-23(20)31)29-30-26-27-21(18-9-5-4-6-10-18)16-22(28-26)19-13-14-24(32-2)25(15-19)33-3/h4-16,31H,1-3H3,(H,27,28,30)/b29-17-. The molecule has 0 spiro atoms. The molecule has 2 N–H and O–H groups in total. The number of phenolic OH excluding ortho intramolecular Hbond substituents is 1. The van der Waals surface area contributed by atoms with Crippen molar-refractivity contribution >= 4 is 11.7 Å². The van der Waals surface area contributed by atoms with Crippen LogP contribution in [0.25, 0.3) is 22.5 Å². The molecule has 7 heteroatoms. The van der Waals surface area contributed by atoms with Gasteiger partial charge in [0.2, 0.25) is 5.95 Å². The molecule has 1 aromatic heterocycles. The second kappa shape index (κ2) is 9.82. The van der Waals surface area contributed by atoms with Crippen molar-refractivity contribution in [2.24, 2.45) is 5.10 Å². The number of aromatic hydroxyl groups is 1. The first-order chi connectivity index (χ1) is 16.1. The van der Waals surface area contributed by atoms with Gasteiger partial charge in [0.25, 0.3) is 0 Å². The van der Waals surface area contributed by atoms with Crippen LogP contribution in [-0.2, 0) is 0 Å². The third-order valence-corrected chi connectivity index (χ3v) is 5.09. The molecule has 0 unspecified atom stereocenters. The lowest BCUT2D eigenvalue weighted by Crippen LogP contribution is -2.04. The number of nitrogens with one attached hydrogen (secondary N) is 1. The van der Waals surface area contributed by atoms with E-state index in [0.29, 0.717) is 34.4 Å². The minimum Gasteiger partial charge on any atom is -0.507 e. The van der Waals surface area contributed by atoms with Crippen LogP contribution in [0.1, 0.15) is 12.5 Å². The van der Waals surface area contributed by atoms with Gasteiger partial charge >= 0.3 is 0 Å². The van der Waals surface area contributed by atoms with Gasteiger partial charge in [0.1, 0.15) is 5.75 Å². The highest BCUT2D eigenvalue weighted by atomic mass is 16.5. The summed E-state index contributed by atoms with van der Waals surface area (Å²) in [5, 5.41) is 14.5. The first-order valence-electron chi connectivity index (χ1n) is 10.3. The van der Waals surface area contributed by atoms with Crippen molar-refractivity contribution in [1.29, 1.82) is 0 Å². The zero-order chi connectivity index (χ0) is 23.2. The average Bonchev–Trinajstić information content (AvgIpc) is 2.87. The van der Waals surface area contributed by atoms with Crippen LogP contribution < -0.4 is 14.9 Å². The molecular formula is C26H24N4O3. The third-order valence-electron chi connectivity index (χ3n) is 5.09. The molecule has 0 bridgehead atoms. The summed E-state index contributed by atoms with van der Waals surface area (Å²) in [6, 6.07) is 24.4. The minimum atomic E-state index is 0.158. The molecule has 4 aromatic rings. The molecule has 33 heavy (non-hydrogen) atoms. The van der Waals surface area contributed by atoms with Crippen molar-refractivity contribution < 1.29 is 14.6 Å². The van der Waals surface area contributed by atoms with E-state index in [-0.39, 0.29) is 5.75 Å². The number of hydrogen-bond donors (Lipinski definition) is 2. The molecule has 0 saturated heterocycles. The molecule has 0 saturated carbocycles. The van der Waals surface area contributed by atoms with Gasteiger partial charge in [0.15, 0.2) is 11.5 Å². The monoisotopic (exact) mass is 440 g/mol. The molecule has 0 amide bonds. The summed E-state index contributed by atoms with van der Waals surface area (Å²) in [5.74, 6) is 1.74. The van der Waals surface area contributed by atoms with E-state index in [4.69, 9.17) is 9.47 Å². The van der Waals surface area contributed by atoms with E-state index in [1.807, 2.05) is 60.7 Å². The maximum absolute atomic E-state index is 10.1. The van der Waals surface area contributed by atoms with Crippen LogP contribution >= 0.6 is 0 Å². The number of rotatable bonds is 7. The molecule has 0 aliphatic rings. The van der Waals surface area contributed by atoms with Crippen LogP contribution in [0.3, 0.4) is 0 Å². The molecular weight excluding hydrogens is 416 g/mol. The highest BCUT2D eigenvalue weighted by molar-refractivity contribution is 6.01. The van der Waals surface area contributed by atoms with E-state index in [9.17, 15) is 5.11 Å².